The average molecular weight is 283 g/mol. The van der Waals surface area contributed by atoms with E-state index >= 15 is 0 Å². The van der Waals surface area contributed by atoms with Crippen molar-refractivity contribution in [3.05, 3.63) is 41.1 Å². The molecule has 3 saturated heterocycles. The van der Waals surface area contributed by atoms with Gasteiger partial charge in [0.25, 0.3) is 0 Å². The number of hydrogen-bond acceptors (Lipinski definition) is 2. The maximum Gasteiger partial charge on any atom is 0.416 e. The van der Waals surface area contributed by atoms with Crippen molar-refractivity contribution in [3.8, 4) is 0 Å². The van der Waals surface area contributed by atoms with Gasteiger partial charge < -0.3 is 10.0 Å². The van der Waals surface area contributed by atoms with E-state index in [0.29, 0.717) is 11.5 Å². The molecule has 0 spiro atoms. The summed E-state index contributed by atoms with van der Waals surface area (Å²) in [5.74, 6) is 0.292. The Morgan fingerprint density at radius 3 is 2.20 bits per heavy atom. The van der Waals surface area contributed by atoms with Crippen LogP contribution < -0.4 is 0 Å². The van der Waals surface area contributed by atoms with E-state index in [2.05, 4.69) is 4.90 Å². The first-order valence-corrected chi connectivity index (χ1v) is 6.77. The Balaban J connectivity index is 1.85. The van der Waals surface area contributed by atoms with Gasteiger partial charge in [0.05, 0.1) is 11.7 Å². The molecule has 3 aliphatic rings. The average Bonchev–Trinajstić information content (AvgIpc) is 2.43. The predicted molar refractivity (Wildman–Crippen MR) is 69.7 cm³/mol. The Hall–Kier alpha value is -1.49. The number of benzene rings is 1. The number of alkyl halides is 3. The summed E-state index contributed by atoms with van der Waals surface area (Å²) < 4.78 is 37.5. The molecule has 2 bridgehead atoms. The summed E-state index contributed by atoms with van der Waals surface area (Å²) in [4.78, 5) is 2.13. The minimum absolute atomic E-state index is 0.292. The SMILES string of the molecule is OC1/C(=C/c2ccc(C(F)(F)F)cc2)N2CCC1CC2. The number of rotatable bonds is 1. The van der Waals surface area contributed by atoms with Gasteiger partial charge in [0.15, 0.2) is 0 Å². The molecule has 20 heavy (non-hydrogen) atoms. The van der Waals surface area contributed by atoms with Crippen LogP contribution in [0.4, 0.5) is 13.2 Å². The molecule has 0 aromatic heterocycles. The lowest BCUT2D eigenvalue weighted by atomic mass is 9.83. The molecule has 5 heteroatoms. The first-order valence-electron chi connectivity index (χ1n) is 6.77. The molecule has 0 radical (unpaired) electrons. The molecule has 0 amide bonds. The monoisotopic (exact) mass is 283 g/mol. The predicted octanol–water partition coefficient (Wildman–Crippen LogP) is 3.13. The number of fused-ring (bicyclic) bond motifs is 3. The summed E-state index contributed by atoms with van der Waals surface area (Å²) >= 11 is 0. The van der Waals surface area contributed by atoms with E-state index in [1.54, 1.807) is 6.08 Å². The van der Waals surface area contributed by atoms with Gasteiger partial charge in [-0.05, 0) is 42.5 Å². The second-order valence-electron chi connectivity index (χ2n) is 5.46. The van der Waals surface area contributed by atoms with E-state index in [4.69, 9.17) is 0 Å². The normalized spacial score (nSPS) is 28.2. The second kappa shape index (κ2) is 4.81. The number of aliphatic hydroxyl groups is 1. The molecule has 1 unspecified atom stereocenters. The van der Waals surface area contributed by atoms with Gasteiger partial charge in [-0.2, -0.15) is 13.2 Å². The lowest BCUT2D eigenvalue weighted by Gasteiger charge is -2.45. The van der Waals surface area contributed by atoms with Crippen LogP contribution in [0.15, 0.2) is 30.0 Å². The van der Waals surface area contributed by atoms with Crippen LogP contribution in [0.5, 0.6) is 0 Å². The van der Waals surface area contributed by atoms with Gasteiger partial charge in [-0.15, -0.1) is 0 Å². The lowest BCUT2D eigenvalue weighted by molar-refractivity contribution is -0.137. The molecule has 0 aliphatic carbocycles. The van der Waals surface area contributed by atoms with Crippen molar-refractivity contribution in [2.24, 2.45) is 5.92 Å². The molecule has 3 heterocycles. The van der Waals surface area contributed by atoms with Crippen molar-refractivity contribution in [2.75, 3.05) is 13.1 Å². The molecular weight excluding hydrogens is 267 g/mol. The van der Waals surface area contributed by atoms with Crippen LogP contribution >= 0.6 is 0 Å². The molecule has 1 atom stereocenters. The Bertz CT molecular complexity index is 509. The first kappa shape index (κ1) is 13.5. The van der Waals surface area contributed by atoms with Crippen LogP contribution in [0, 0.1) is 5.92 Å². The van der Waals surface area contributed by atoms with Crippen LogP contribution in [-0.2, 0) is 6.18 Å². The van der Waals surface area contributed by atoms with Crippen molar-refractivity contribution in [1.82, 2.24) is 4.90 Å². The molecule has 4 rings (SSSR count). The number of halogens is 3. The molecule has 108 valence electrons. The van der Waals surface area contributed by atoms with E-state index in [9.17, 15) is 18.3 Å². The summed E-state index contributed by atoms with van der Waals surface area (Å²) in [5.41, 5.74) is 0.887. The largest absolute Gasteiger partial charge is 0.416 e. The number of piperidine rings is 3. The lowest BCUT2D eigenvalue weighted by Crippen LogP contribution is -2.48. The summed E-state index contributed by atoms with van der Waals surface area (Å²) in [5, 5.41) is 10.2. The van der Waals surface area contributed by atoms with E-state index in [1.165, 1.54) is 12.1 Å². The van der Waals surface area contributed by atoms with Crippen LogP contribution in [0.2, 0.25) is 0 Å². The van der Waals surface area contributed by atoms with Gasteiger partial charge in [-0.1, -0.05) is 12.1 Å². The summed E-state index contributed by atoms with van der Waals surface area (Å²) in [7, 11) is 0. The van der Waals surface area contributed by atoms with Gasteiger partial charge in [0, 0.05) is 18.8 Å². The third-order valence-corrected chi connectivity index (χ3v) is 4.21. The Morgan fingerprint density at radius 1 is 1.10 bits per heavy atom. The van der Waals surface area contributed by atoms with Crippen molar-refractivity contribution in [3.63, 3.8) is 0 Å². The molecule has 1 N–H and O–H groups in total. The highest BCUT2D eigenvalue weighted by molar-refractivity contribution is 5.54. The maximum absolute atomic E-state index is 12.5. The van der Waals surface area contributed by atoms with Gasteiger partial charge in [-0.3, -0.25) is 0 Å². The molecule has 1 aromatic carbocycles. The fourth-order valence-electron chi connectivity index (χ4n) is 3.02. The standard InChI is InChI=1S/C15H16F3NO/c16-15(17,18)12-3-1-10(2-4-12)9-13-14(20)11-5-7-19(13)8-6-11/h1-4,9,11,14,20H,5-8H2/b13-9-. The zero-order valence-corrected chi connectivity index (χ0v) is 10.9. The van der Waals surface area contributed by atoms with Crippen LogP contribution in [0.3, 0.4) is 0 Å². The molecule has 2 nitrogen and oxygen atoms in total. The fourth-order valence-corrected chi connectivity index (χ4v) is 3.02. The Morgan fingerprint density at radius 2 is 1.70 bits per heavy atom. The summed E-state index contributed by atoms with van der Waals surface area (Å²) in [6.45, 7) is 1.85. The maximum atomic E-state index is 12.5. The van der Waals surface area contributed by atoms with E-state index < -0.39 is 17.8 Å². The van der Waals surface area contributed by atoms with Crippen LogP contribution in [0.25, 0.3) is 6.08 Å². The van der Waals surface area contributed by atoms with Crippen LogP contribution in [0.1, 0.15) is 24.0 Å². The fraction of sp³-hybridized carbons (Fsp3) is 0.467. The quantitative estimate of drug-likeness (QED) is 0.856. The van der Waals surface area contributed by atoms with Gasteiger partial charge in [-0.25, -0.2) is 0 Å². The zero-order chi connectivity index (χ0) is 14.3. The zero-order valence-electron chi connectivity index (χ0n) is 10.9. The molecule has 0 saturated carbocycles. The minimum atomic E-state index is -4.31. The summed E-state index contributed by atoms with van der Waals surface area (Å²) in [6, 6.07) is 5.06. The number of hydrogen-bond donors (Lipinski definition) is 1. The molecular formula is C15H16F3NO. The van der Waals surface area contributed by atoms with Crippen molar-refractivity contribution in [1.29, 1.82) is 0 Å². The molecule has 3 aliphatic heterocycles. The highest BCUT2D eigenvalue weighted by Gasteiger charge is 2.36. The summed E-state index contributed by atoms with van der Waals surface area (Å²) in [6.07, 6.45) is -1.01. The second-order valence-corrected chi connectivity index (χ2v) is 5.46. The van der Waals surface area contributed by atoms with Crippen molar-refractivity contribution < 1.29 is 18.3 Å². The first-order chi connectivity index (χ1) is 9.45. The van der Waals surface area contributed by atoms with Gasteiger partial charge in [0.2, 0.25) is 0 Å². The topological polar surface area (TPSA) is 23.5 Å². The highest BCUT2D eigenvalue weighted by atomic mass is 19.4. The third kappa shape index (κ3) is 2.42. The van der Waals surface area contributed by atoms with E-state index in [1.807, 2.05) is 0 Å². The smallest absolute Gasteiger partial charge is 0.387 e. The van der Waals surface area contributed by atoms with Crippen molar-refractivity contribution >= 4 is 6.08 Å². The minimum Gasteiger partial charge on any atom is -0.387 e. The Kier molecular flexibility index (Phi) is 3.24. The number of nitrogens with zero attached hydrogens (tertiary/aromatic N) is 1. The number of aliphatic hydroxyl groups excluding tert-OH is 1. The van der Waals surface area contributed by atoms with Gasteiger partial charge in [0.1, 0.15) is 0 Å². The molecule has 3 fully saturated rings. The van der Waals surface area contributed by atoms with E-state index in [0.717, 1.165) is 43.8 Å². The van der Waals surface area contributed by atoms with Crippen molar-refractivity contribution in [2.45, 2.75) is 25.1 Å². The van der Waals surface area contributed by atoms with Crippen LogP contribution in [-0.4, -0.2) is 29.2 Å². The highest BCUT2D eigenvalue weighted by Crippen LogP contribution is 2.36. The van der Waals surface area contributed by atoms with Gasteiger partial charge >= 0.3 is 6.18 Å². The van der Waals surface area contributed by atoms with E-state index in [-0.39, 0.29) is 0 Å². The Labute approximate surface area is 115 Å². The third-order valence-electron chi connectivity index (χ3n) is 4.21. The molecule has 1 aromatic rings.